The van der Waals surface area contributed by atoms with E-state index in [4.69, 9.17) is 9.47 Å². The molecule has 3 amide bonds. The van der Waals surface area contributed by atoms with Gasteiger partial charge in [-0.25, -0.2) is 18.2 Å². The van der Waals surface area contributed by atoms with Crippen LogP contribution >= 0.6 is 0 Å². The molecule has 1 aromatic heterocycles. The van der Waals surface area contributed by atoms with Crippen LogP contribution in [0.2, 0.25) is 0 Å². The van der Waals surface area contributed by atoms with E-state index in [1.807, 2.05) is 31.2 Å². The van der Waals surface area contributed by atoms with E-state index in [2.05, 4.69) is 21.6 Å². The predicted octanol–water partition coefficient (Wildman–Crippen LogP) is 2.97. The highest BCUT2D eigenvalue weighted by molar-refractivity contribution is 7.91. The van der Waals surface area contributed by atoms with Gasteiger partial charge in [0.1, 0.15) is 23.3 Å². The van der Waals surface area contributed by atoms with Gasteiger partial charge >= 0.3 is 6.09 Å². The average molecular weight is 585 g/mol. The number of nitrogens with one attached hydrogen (secondary N) is 2. The topological polar surface area (TPSA) is 144 Å². The number of pyridine rings is 1. The zero-order chi connectivity index (χ0) is 29.7. The van der Waals surface area contributed by atoms with E-state index in [9.17, 15) is 22.8 Å². The lowest BCUT2D eigenvalue weighted by Gasteiger charge is -2.29. The number of carbonyl (C=O) groups is 3. The van der Waals surface area contributed by atoms with Crippen LogP contribution < -0.4 is 14.8 Å². The molecule has 11 nitrogen and oxygen atoms in total. The number of hydrogen-bond donors (Lipinski definition) is 2. The summed E-state index contributed by atoms with van der Waals surface area (Å²) in [4.78, 5) is 45.8. The van der Waals surface area contributed by atoms with Crippen molar-refractivity contribution < 1.29 is 32.3 Å². The lowest BCUT2D eigenvalue weighted by atomic mass is 10.1. The van der Waals surface area contributed by atoms with Crippen LogP contribution in [0.4, 0.5) is 4.79 Å². The molecule has 2 saturated carbocycles. The van der Waals surface area contributed by atoms with E-state index in [1.165, 1.54) is 11.0 Å². The Morgan fingerprint density at radius 1 is 1.17 bits per heavy atom. The van der Waals surface area contributed by atoms with Crippen molar-refractivity contribution >= 4 is 38.7 Å². The molecule has 2 aromatic rings. The Labute approximate surface area is 239 Å². The molecule has 1 aromatic carbocycles. The number of fused-ring (bicyclic) bond motifs is 1. The fourth-order valence-electron chi connectivity index (χ4n) is 5.26. The maximum Gasteiger partial charge on any atom is 0.411 e. The van der Waals surface area contributed by atoms with Crippen LogP contribution in [0.25, 0.3) is 10.8 Å². The molecule has 3 aliphatic rings. The molecule has 12 heteroatoms. The molecular formula is C29H36N4O7S. The van der Waals surface area contributed by atoms with Crippen molar-refractivity contribution in [1.29, 1.82) is 0 Å². The van der Waals surface area contributed by atoms with Crippen molar-refractivity contribution in [2.24, 2.45) is 5.92 Å². The Kier molecular flexibility index (Phi) is 7.25. The fourth-order valence-corrected chi connectivity index (χ4v) is 6.63. The van der Waals surface area contributed by atoms with Gasteiger partial charge in [-0.05, 0) is 70.0 Å². The molecule has 0 spiro atoms. The van der Waals surface area contributed by atoms with Gasteiger partial charge in [-0.2, -0.15) is 0 Å². The first kappa shape index (κ1) is 28.8. The number of sulfonamides is 1. The van der Waals surface area contributed by atoms with E-state index in [0.717, 1.165) is 16.3 Å². The largest absolute Gasteiger partial charge is 0.472 e. The first-order valence-electron chi connectivity index (χ1n) is 13.8. The van der Waals surface area contributed by atoms with Crippen molar-refractivity contribution in [3.63, 3.8) is 0 Å². The van der Waals surface area contributed by atoms with Crippen LogP contribution in [0.15, 0.2) is 43.1 Å². The Bertz CT molecular complexity index is 1510. The van der Waals surface area contributed by atoms with Crippen LogP contribution in [0.3, 0.4) is 0 Å². The Morgan fingerprint density at radius 3 is 2.54 bits per heavy atom. The zero-order valence-corrected chi connectivity index (χ0v) is 24.5. The van der Waals surface area contributed by atoms with Gasteiger partial charge < -0.3 is 14.8 Å². The smallest absolute Gasteiger partial charge is 0.411 e. The molecule has 2 heterocycles. The van der Waals surface area contributed by atoms with Crippen molar-refractivity contribution in [1.82, 2.24) is 19.9 Å². The molecule has 1 aliphatic heterocycles. The van der Waals surface area contributed by atoms with Crippen LogP contribution in [0.1, 0.15) is 52.0 Å². The number of rotatable bonds is 8. The second kappa shape index (κ2) is 10.3. The number of benzene rings is 1. The summed E-state index contributed by atoms with van der Waals surface area (Å²) in [5.74, 6) is -1.47. The molecule has 3 fully saturated rings. The van der Waals surface area contributed by atoms with Gasteiger partial charge in [0.05, 0.1) is 11.8 Å². The lowest BCUT2D eigenvalue weighted by Crippen LogP contribution is -2.56. The first-order chi connectivity index (χ1) is 19.2. The summed E-state index contributed by atoms with van der Waals surface area (Å²) in [6, 6.07) is 6.67. The Hall–Kier alpha value is -3.67. The minimum absolute atomic E-state index is 0.0526. The minimum atomic E-state index is -3.82. The van der Waals surface area contributed by atoms with Gasteiger partial charge in [0.25, 0.3) is 5.91 Å². The highest BCUT2D eigenvalue weighted by atomic mass is 32.2. The number of nitrogens with zero attached hydrogens (tertiary/aromatic N) is 2. The Balaban J connectivity index is 1.38. The van der Waals surface area contributed by atoms with Gasteiger partial charge in [-0.15, -0.1) is 6.58 Å². The van der Waals surface area contributed by atoms with Gasteiger partial charge in [-0.1, -0.05) is 18.2 Å². The van der Waals surface area contributed by atoms with Crippen molar-refractivity contribution in [3.8, 4) is 5.88 Å². The number of amides is 3. The molecule has 5 rings (SSSR count). The van der Waals surface area contributed by atoms with Gasteiger partial charge in [-0.3, -0.25) is 19.2 Å². The van der Waals surface area contributed by atoms with E-state index < -0.39 is 62.4 Å². The number of likely N-dealkylation sites (tertiary alicyclic amines) is 1. The molecule has 2 N–H and O–H groups in total. The molecule has 2 aliphatic carbocycles. The summed E-state index contributed by atoms with van der Waals surface area (Å²) in [7, 11) is -3.82. The lowest BCUT2D eigenvalue weighted by molar-refractivity contribution is -0.131. The predicted molar refractivity (Wildman–Crippen MR) is 152 cm³/mol. The van der Waals surface area contributed by atoms with Crippen molar-refractivity contribution in [3.05, 3.63) is 48.7 Å². The third-order valence-corrected chi connectivity index (χ3v) is 9.53. The first-order valence-corrected chi connectivity index (χ1v) is 15.3. The highest BCUT2D eigenvalue weighted by Gasteiger charge is 2.62. The second-order valence-electron chi connectivity index (χ2n) is 12.1. The van der Waals surface area contributed by atoms with Gasteiger partial charge in [0, 0.05) is 23.9 Å². The molecule has 1 unspecified atom stereocenters. The number of aromatic nitrogens is 1. The van der Waals surface area contributed by atoms with Crippen LogP contribution in [-0.2, 0) is 24.3 Å². The van der Waals surface area contributed by atoms with E-state index in [0.29, 0.717) is 18.7 Å². The SMILES string of the molecule is C=CC1C[C@]1(NC(=O)[C@@H]1C[C@@H](Oc2nccc3c(C)cccc23)CN1C(=O)OC(C)(C)C)C(=O)NS(=O)(=O)C1CC1. The highest BCUT2D eigenvalue weighted by Crippen LogP contribution is 2.45. The maximum absolute atomic E-state index is 13.7. The quantitative estimate of drug-likeness (QED) is 0.451. The monoisotopic (exact) mass is 584 g/mol. The second-order valence-corrected chi connectivity index (χ2v) is 14.1. The van der Waals surface area contributed by atoms with E-state index in [-0.39, 0.29) is 19.4 Å². The summed E-state index contributed by atoms with van der Waals surface area (Å²) in [6.45, 7) is 11.0. The van der Waals surface area contributed by atoms with E-state index >= 15 is 0 Å². The summed E-state index contributed by atoms with van der Waals surface area (Å²) in [5, 5.41) is 3.95. The number of aryl methyl sites for hydroxylation is 1. The summed E-state index contributed by atoms with van der Waals surface area (Å²) < 4.78 is 38.9. The molecule has 4 atom stereocenters. The van der Waals surface area contributed by atoms with Gasteiger partial charge in [0.15, 0.2) is 0 Å². The zero-order valence-electron chi connectivity index (χ0n) is 23.7. The van der Waals surface area contributed by atoms with Crippen LogP contribution in [0.5, 0.6) is 5.88 Å². The third kappa shape index (κ3) is 5.88. The number of hydrogen-bond acceptors (Lipinski definition) is 8. The van der Waals surface area contributed by atoms with E-state index in [1.54, 1.807) is 27.0 Å². The number of carbonyl (C=O) groups excluding carboxylic acids is 3. The standard InChI is InChI=1S/C29H36N4O7S/c1-6-18-15-29(18,26(35)32-41(37,38)20-10-11-20)31-24(34)23-14-19(16-33(23)27(36)40-28(3,4)5)39-25-22-9-7-8-17(2)21(22)12-13-30-25/h6-9,12-13,18-20,23H,1,10-11,14-16H2,2-5H3,(H,31,34)(H,32,35)/t18?,19-,23+,29-/m1/s1. The van der Waals surface area contributed by atoms with Crippen LogP contribution in [-0.4, -0.2) is 71.3 Å². The molecule has 0 bridgehead atoms. The van der Waals surface area contributed by atoms with Crippen LogP contribution in [0, 0.1) is 12.8 Å². The molecule has 1 saturated heterocycles. The molecular weight excluding hydrogens is 548 g/mol. The normalized spacial score (nSPS) is 25.9. The van der Waals surface area contributed by atoms with Crippen molar-refractivity contribution in [2.45, 2.75) is 81.9 Å². The minimum Gasteiger partial charge on any atom is -0.472 e. The Morgan fingerprint density at radius 2 is 1.90 bits per heavy atom. The van der Waals surface area contributed by atoms with Gasteiger partial charge in [0.2, 0.25) is 21.8 Å². The third-order valence-electron chi connectivity index (χ3n) is 7.71. The maximum atomic E-state index is 13.7. The summed E-state index contributed by atoms with van der Waals surface area (Å²) in [6.07, 6.45) is 3.18. The molecule has 0 radical (unpaired) electrons. The number of ether oxygens (including phenoxy) is 2. The average Bonchev–Trinajstić information content (AvgIpc) is 3.80. The van der Waals surface area contributed by atoms with Crippen molar-refractivity contribution in [2.75, 3.05) is 6.54 Å². The fraction of sp³-hybridized carbons (Fsp3) is 0.517. The molecule has 41 heavy (non-hydrogen) atoms. The summed E-state index contributed by atoms with van der Waals surface area (Å²) in [5.41, 5.74) is -1.22. The molecule has 220 valence electrons. The summed E-state index contributed by atoms with van der Waals surface area (Å²) >= 11 is 0.